The van der Waals surface area contributed by atoms with Gasteiger partial charge in [0.15, 0.2) is 16.6 Å². The summed E-state index contributed by atoms with van der Waals surface area (Å²) in [6, 6.07) is 16.6. The number of ketones is 1. The maximum absolute atomic E-state index is 13.5. The zero-order valence-electron chi connectivity index (χ0n) is 21.0. The van der Waals surface area contributed by atoms with Crippen molar-refractivity contribution >= 4 is 55.7 Å². The molecule has 1 aliphatic heterocycles. The van der Waals surface area contributed by atoms with Gasteiger partial charge >= 0.3 is 5.91 Å². The van der Waals surface area contributed by atoms with Gasteiger partial charge in [0.1, 0.15) is 5.76 Å². The van der Waals surface area contributed by atoms with Gasteiger partial charge in [-0.3, -0.25) is 14.5 Å². The summed E-state index contributed by atoms with van der Waals surface area (Å²) in [5, 5.41) is 12.2. The Morgan fingerprint density at radius 1 is 1.05 bits per heavy atom. The summed E-state index contributed by atoms with van der Waals surface area (Å²) in [6.07, 6.45) is 0.862. The number of halogens is 1. The predicted molar refractivity (Wildman–Crippen MR) is 149 cm³/mol. The van der Waals surface area contributed by atoms with Crippen LogP contribution < -0.4 is 14.4 Å². The highest BCUT2D eigenvalue weighted by molar-refractivity contribution is 7.22. The first-order valence-electron chi connectivity index (χ1n) is 12.1. The van der Waals surface area contributed by atoms with Gasteiger partial charge in [0.05, 0.1) is 35.5 Å². The van der Waals surface area contributed by atoms with Gasteiger partial charge in [0, 0.05) is 10.6 Å². The lowest BCUT2D eigenvalue weighted by atomic mass is 9.95. The molecule has 0 saturated carbocycles. The van der Waals surface area contributed by atoms with Crippen LogP contribution in [0.5, 0.6) is 11.5 Å². The zero-order chi connectivity index (χ0) is 27.0. The van der Waals surface area contributed by atoms with Crippen molar-refractivity contribution in [2.24, 2.45) is 0 Å². The number of aryl methyl sites for hydroxylation is 1. The average Bonchev–Trinajstić information content (AvgIpc) is 3.46. The van der Waals surface area contributed by atoms with Crippen LogP contribution >= 0.6 is 22.9 Å². The van der Waals surface area contributed by atoms with Crippen LogP contribution in [0.25, 0.3) is 16.0 Å². The van der Waals surface area contributed by atoms with Crippen molar-refractivity contribution in [2.75, 3.05) is 18.6 Å². The molecule has 0 bridgehead atoms. The third kappa shape index (κ3) is 4.50. The number of fused-ring (bicyclic) bond motifs is 1. The van der Waals surface area contributed by atoms with Crippen LogP contribution in [0.4, 0.5) is 5.13 Å². The lowest BCUT2D eigenvalue weighted by Gasteiger charge is -2.24. The van der Waals surface area contributed by atoms with E-state index in [1.807, 2.05) is 25.1 Å². The van der Waals surface area contributed by atoms with E-state index >= 15 is 0 Å². The van der Waals surface area contributed by atoms with Gasteiger partial charge in [0.2, 0.25) is 0 Å². The minimum absolute atomic E-state index is 0.0444. The first-order valence-corrected chi connectivity index (χ1v) is 13.3. The van der Waals surface area contributed by atoms with Gasteiger partial charge in [-0.2, -0.15) is 0 Å². The minimum atomic E-state index is -0.943. The molecule has 7 nitrogen and oxygen atoms in total. The van der Waals surface area contributed by atoms with E-state index in [-0.39, 0.29) is 11.3 Å². The van der Waals surface area contributed by atoms with E-state index in [0.717, 1.165) is 22.2 Å². The molecule has 1 fully saturated rings. The van der Waals surface area contributed by atoms with E-state index in [2.05, 4.69) is 6.92 Å². The van der Waals surface area contributed by atoms with E-state index in [9.17, 15) is 14.7 Å². The molecule has 0 unspecified atom stereocenters. The third-order valence-electron chi connectivity index (χ3n) is 6.42. The van der Waals surface area contributed by atoms with E-state index in [0.29, 0.717) is 39.4 Å². The van der Waals surface area contributed by atoms with Crippen LogP contribution in [0, 0.1) is 0 Å². The second-order valence-corrected chi connectivity index (χ2v) is 10.1. The van der Waals surface area contributed by atoms with Crippen LogP contribution in [0.15, 0.2) is 66.2 Å². The number of methoxy groups -OCH3 is 1. The van der Waals surface area contributed by atoms with Gasteiger partial charge in [-0.25, -0.2) is 4.98 Å². The summed E-state index contributed by atoms with van der Waals surface area (Å²) in [7, 11) is 1.52. The Kier molecular flexibility index (Phi) is 7.10. The number of thiazole rings is 1. The smallest absolute Gasteiger partial charge is 0.301 e. The lowest BCUT2D eigenvalue weighted by Crippen LogP contribution is -2.29. The molecule has 1 N–H and O–H groups in total. The predicted octanol–water partition coefficient (Wildman–Crippen LogP) is 6.55. The van der Waals surface area contributed by atoms with Crippen LogP contribution in [-0.4, -0.2) is 35.5 Å². The Morgan fingerprint density at radius 2 is 1.82 bits per heavy atom. The molecule has 1 amide bonds. The molecular weight excluding hydrogens is 524 g/mol. The standard InChI is InChI=1S/C29H25ClN2O5S/c1-4-16-6-12-20-23(14-16)38-29(31-20)32-25(18-9-13-21(37-5-2)22(15-18)36-3)24(27(34)28(32)35)26(33)17-7-10-19(30)11-8-17/h6-15,25,33H,4-5H2,1-3H3/b26-24+/t25-/m1/s1. The van der Waals surface area contributed by atoms with Crippen molar-refractivity contribution < 1.29 is 24.2 Å². The molecule has 9 heteroatoms. The van der Waals surface area contributed by atoms with Crippen molar-refractivity contribution in [1.82, 2.24) is 4.98 Å². The molecule has 0 spiro atoms. The summed E-state index contributed by atoms with van der Waals surface area (Å²) in [5.41, 5.74) is 2.76. The molecule has 0 radical (unpaired) electrons. The quantitative estimate of drug-likeness (QED) is 0.160. The van der Waals surface area contributed by atoms with E-state index in [4.69, 9.17) is 26.1 Å². The Balaban J connectivity index is 1.72. The molecule has 1 aromatic heterocycles. The monoisotopic (exact) mass is 548 g/mol. The van der Waals surface area contributed by atoms with Crippen molar-refractivity contribution in [2.45, 2.75) is 26.3 Å². The number of ether oxygens (including phenoxy) is 2. The highest BCUT2D eigenvalue weighted by Crippen LogP contribution is 2.46. The fourth-order valence-electron chi connectivity index (χ4n) is 4.52. The number of benzene rings is 3. The largest absolute Gasteiger partial charge is 0.507 e. The number of amides is 1. The fraction of sp³-hybridized carbons (Fsp3) is 0.207. The maximum atomic E-state index is 13.5. The summed E-state index contributed by atoms with van der Waals surface area (Å²) < 4.78 is 12.1. The summed E-state index contributed by atoms with van der Waals surface area (Å²) in [5.74, 6) is -0.898. The number of anilines is 1. The van der Waals surface area contributed by atoms with Gasteiger partial charge in [-0.15, -0.1) is 0 Å². The molecule has 38 heavy (non-hydrogen) atoms. The number of aliphatic hydroxyl groups is 1. The summed E-state index contributed by atoms with van der Waals surface area (Å²) >= 11 is 7.36. The van der Waals surface area contributed by atoms with Gasteiger partial charge in [-0.05, 0) is 73.0 Å². The molecule has 1 aliphatic rings. The number of carbonyl (C=O) groups excluding carboxylic acids is 2. The van der Waals surface area contributed by atoms with Gasteiger partial charge in [-0.1, -0.05) is 42.0 Å². The number of carbonyl (C=O) groups is 2. The van der Waals surface area contributed by atoms with Gasteiger partial charge in [0.25, 0.3) is 5.78 Å². The Bertz CT molecular complexity index is 1580. The molecule has 3 aromatic carbocycles. The zero-order valence-corrected chi connectivity index (χ0v) is 22.6. The van der Waals surface area contributed by atoms with Gasteiger partial charge < -0.3 is 14.6 Å². The van der Waals surface area contributed by atoms with Crippen LogP contribution in [0.3, 0.4) is 0 Å². The van der Waals surface area contributed by atoms with Crippen LogP contribution in [0.1, 0.15) is 36.6 Å². The van der Waals surface area contributed by atoms with Crippen LogP contribution in [-0.2, 0) is 16.0 Å². The molecule has 4 aromatic rings. The molecule has 1 saturated heterocycles. The number of rotatable bonds is 7. The van der Waals surface area contributed by atoms with Crippen molar-refractivity contribution in [1.29, 1.82) is 0 Å². The molecular formula is C29H25ClN2O5S. The third-order valence-corrected chi connectivity index (χ3v) is 7.69. The molecule has 5 rings (SSSR count). The van der Waals surface area contributed by atoms with E-state index in [1.165, 1.54) is 23.3 Å². The number of nitrogens with zero attached hydrogens (tertiary/aromatic N) is 2. The maximum Gasteiger partial charge on any atom is 0.301 e. The molecule has 2 heterocycles. The second kappa shape index (κ2) is 10.5. The Hall–Kier alpha value is -3.88. The average molecular weight is 549 g/mol. The number of hydrogen-bond donors (Lipinski definition) is 1. The SMILES string of the molecule is CCOc1ccc([C@@H]2/C(=C(\O)c3ccc(Cl)cc3)C(=O)C(=O)N2c2nc3ccc(CC)cc3s2)cc1OC. The fourth-order valence-corrected chi connectivity index (χ4v) is 5.70. The number of hydrogen-bond acceptors (Lipinski definition) is 7. The molecule has 1 atom stereocenters. The topological polar surface area (TPSA) is 89.0 Å². The van der Waals surface area contributed by atoms with Crippen molar-refractivity contribution in [3.8, 4) is 11.5 Å². The summed E-state index contributed by atoms with van der Waals surface area (Å²) in [4.78, 5) is 33.1. The molecule has 0 aliphatic carbocycles. The molecule has 194 valence electrons. The van der Waals surface area contributed by atoms with Crippen molar-refractivity contribution in [3.05, 3.63) is 87.9 Å². The summed E-state index contributed by atoms with van der Waals surface area (Å²) in [6.45, 7) is 4.37. The minimum Gasteiger partial charge on any atom is -0.507 e. The number of Topliss-reactive ketones (excluding diaryl/α,β-unsaturated/α-hetero) is 1. The number of aliphatic hydroxyl groups excluding tert-OH is 1. The second-order valence-electron chi connectivity index (χ2n) is 8.67. The van der Waals surface area contributed by atoms with Crippen molar-refractivity contribution in [3.63, 3.8) is 0 Å². The lowest BCUT2D eigenvalue weighted by molar-refractivity contribution is -0.132. The van der Waals surface area contributed by atoms with Crippen LogP contribution in [0.2, 0.25) is 5.02 Å². The van der Waals surface area contributed by atoms with E-state index in [1.54, 1.807) is 42.5 Å². The first kappa shape index (κ1) is 25.8. The normalized spacial score (nSPS) is 16.8. The number of aromatic nitrogens is 1. The highest BCUT2D eigenvalue weighted by atomic mass is 35.5. The Labute approximate surface area is 228 Å². The highest BCUT2D eigenvalue weighted by Gasteiger charge is 2.48. The Morgan fingerprint density at radius 3 is 2.50 bits per heavy atom. The van der Waals surface area contributed by atoms with E-state index < -0.39 is 17.7 Å². The first-order chi connectivity index (χ1) is 18.4.